The molecule has 2 aromatic heterocycles. The standard InChI is InChI=1S/C11H14N4O5/c1-19-8-5(2-16)20-11(7(8)17)15-4-14-6-9(15)12-3-13-10(6)18/h3-5,7-8,11,16-17H,2H2,1H3,(H,12,13,18). The number of nitrogens with zero attached hydrogens (tertiary/aromatic N) is 3. The average Bonchev–Trinajstić information content (AvgIpc) is 3.00. The fraction of sp³-hybridized carbons (Fsp3) is 0.545. The Balaban J connectivity index is 2.04. The Morgan fingerprint density at radius 2 is 2.35 bits per heavy atom. The molecule has 1 saturated heterocycles. The summed E-state index contributed by atoms with van der Waals surface area (Å²) in [6.45, 7) is -0.285. The van der Waals surface area contributed by atoms with Gasteiger partial charge < -0.3 is 24.7 Å². The molecule has 4 atom stereocenters. The highest BCUT2D eigenvalue weighted by molar-refractivity contribution is 5.68. The minimum absolute atomic E-state index is 0.157. The van der Waals surface area contributed by atoms with Crippen molar-refractivity contribution in [2.24, 2.45) is 0 Å². The average molecular weight is 282 g/mol. The number of rotatable bonds is 3. The first kappa shape index (κ1) is 13.2. The summed E-state index contributed by atoms with van der Waals surface area (Å²) in [5.41, 5.74) is 0.0826. The van der Waals surface area contributed by atoms with Gasteiger partial charge in [-0.2, -0.15) is 0 Å². The van der Waals surface area contributed by atoms with Crippen LogP contribution in [0.25, 0.3) is 11.2 Å². The van der Waals surface area contributed by atoms with E-state index in [1.807, 2.05) is 0 Å². The second-order valence-electron chi connectivity index (χ2n) is 4.49. The molecule has 1 fully saturated rings. The van der Waals surface area contributed by atoms with Crippen LogP contribution in [-0.4, -0.2) is 61.8 Å². The van der Waals surface area contributed by atoms with Crippen LogP contribution in [0.15, 0.2) is 17.4 Å². The second-order valence-corrected chi connectivity index (χ2v) is 4.49. The van der Waals surface area contributed by atoms with Crippen LogP contribution in [0, 0.1) is 0 Å². The molecule has 0 radical (unpaired) electrons. The molecule has 0 spiro atoms. The molecule has 0 amide bonds. The Kier molecular flexibility index (Phi) is 3.26. The smallest absolute Gasteiger partial charge is 0.278 e. The first-order valence-corrected chi connectivity index (χ1v) is 6.04. The highest BCUT2D eigenvalue weighted by Gasteiger charge is 2.45. The Bertz CT molecular complexity index is 668. The summed E-state index contributed by atoms with van der Waals surface area (Å²) in [4.78, 5) is 22.0. The van der Waals surface area contributed by atoms with E-state index in [2.05, 4.69) is 15.0 Å². The van der Waals surface area contributed by atoms with Crippen molar-refractivity contribution in [1.29, 1.82) is 0 Å². The molecule has 0 aliphatic carbocycles. The molecule has 0 saturated carbocycles. The van der Waals surface area contributed by atoms with Crippen LogP contribution in [0.4, 0.5) is 0 Å². The van der Waals surface area contributed by atoms with E-state index in [0.29, 0.717) is 5.65 Å². The van der Waals surface area contributed by atoms with Gasteiger partial charge in [0, 0.05) is 7.11 Å². The normalized spacial score (nSPS) is 30.1. The quantitative estimate of drug-likeness (QED) is 0.618. The lowest BCUT2D eigenvalue weighted by molar-refractivity contribution is -0.0535. The summed E-state index contributed by atoms with van der Waals surface area (Å²) in [5.74, 6) is 0. The van der Waals surface area contributed by atoms with E-state index in [1.165, 1.54) is 24.3 Å². The van der Waals surface area contributed by atoms with Crippen LogP contribution >= 0.6 is 0 Å². The minimum atomic E-state index is -1.00. The Morgan fingerprint density at radius 3 is 3.00 bits per heavy atom. The van der Waals surface area contributed by atoms with Crippen molar-refractivity contribution < 1.29 is 19.7 Å². The van der Waals surface area contributed by atoms with Gasteiger partial charge in [0.25, 0.3) is 5.56 Å². The number of fused-ring (bicyclic) bond motifs is 1. The number of ether oxygens (including phenoxy) is 2. The van der Waals surface area contributed by atoms with Gasteiger partial charge in [0.1, 0.15) is 18.3 Å². The van der Waals surface area contributed by atoms with E-state index in [9.17, 15) is 15.0 Å². The number of nitrogens with one attached hydrogen (secondary N) is 1. The van der Waals surface area contributed by atoms with Gasteiger partial charge in [0.15, 0.2) is 17.4 Å². The van der Waals surface area contributed by atoms with Gasteiger partial charge in [0.2, 0.25) is 0 Å². The zero-order valence-electron chi connectivity index (χ0n) is 10.6. The molecule has 2 aromatic rings. The summed E-state index contributed by atoms with van der Waals surface area (Å²) in [5, 5.41) is 19.5. The van der Waals surface area contributed by atoms with Gasteiger partial charge >= 0.3 is 0 Å². The fourth-order valence-corrected chi connectivity index (χ4v) is 2.44. The SMILES string of the molecule is COC1C(CO)OC(n2cnc3c(=O)[nH]cnc32)C1O. The van der Waals surface area contributed by atoms with E-state index < -0.39 is 24.5 Å². The first-order chi connectivity index (χ1) is 9.67. The zero-order valence-corrected chi connectivity index (χ0v) is 10.6. The monoisotopic (exact) mass is 282 g/mol. The number of hydrogen-bond acceptors (Lipinski definition) is 7. The van der Waals surface area contributed by atoms with Crippen LogP contribution in [0.3, 0.4) is 0 Å². The number of imidazole rings is 1. The van der Waals surface area contributed by atoms with E-state index in [-0.39, 0.29) is 17.7 Å². The number of H-pyrrole nitrogens is 1. The maximum Gasteiger partial charge on any atom is 0.278 e. The number of aromatic amines is 1. The lowest BCUT2D eigenvalue weighted by Crippen LogP contribution is -2.35. The molecule has 4 unspecified atom stereocenters. The maximum absolute atomic E-state index is 11.6. The van der Waals surface area contributed by atoms with Crippen molar-refractivity contribution in [3.05, 3.63) is 23.0 Å². The molecule has 1 aliphatic heterocycles. The third-order valence-corrected chi connectivity index (χ3v) is 3.40. The molecule has 3 rings (SSSR count). The van der Waals surface area contributed by atoms with Crippen LogP contribution in [-0.2, 0) is 9.47 Å². The molecule has 0 bridgehead atoms. The Labute approximate surface area is 112 Å². The fourth-order valence-electron chi connectivity index (χ4n) is 2.44. The van der Waals surface area contributed by atoms with Gasteiger partial charge in [-0.15, -0.1) is 0 Å². The third-order valence-electron chi connectivity index (χ3n) is 3.40. The summed E-state index contributed by atoms with van der Waals surface area (Å²) in [6, 6.07) is 0. The predicted molar refractivity (Wildman–Crippen MR) is 65.9 cm³/mol. The number of aromatic nitrogens is 4. The van der Waals surface area contributed by atoms with Gasteiger partial charge in [-0.05, 0) is 0 Å². The minimum Gasteiger partial charge on any atom is -0.394 e. The van der Waals surface area contributed by atoms with Crippen molar-refractivity contribution in [2.45, 2.75) is 24.5 Å². The molecule has 1 aliphatic rings. The van der Waals surface area contributed by atoms with Gasteiger partial charge in [-0.3, -0.25) is 9.36 Å². The molecule has 9 heteroatoms. The summed E-state index contributed by atoms with van der Waals surface area (Å²) < 4.78 is 12.2. The van der Waals surface area contributed by atoms with Crippen molar-refractivity contribution in [3.63, 3.8) is 0 Å². The number of aliphatic hydroxyl groups is 2. The molecule has 3 heterocycles. The summed E-state index contributed by atoms with van der Waals surface area (Å²) in [7, 11) is 1.43. The van der Waals surface area contributed by atoms with E-state index in [4.69, 9.17) is 9.47 Å². The van der Waals surface area contributed by atoms with Crippen molar-refractivity contribution >= 4 is 11.2 Å². The van der Waals surface area contributed by atoms with Gasteiger partial charge in [-0.25, -0.2) is 9.97 Å². The predicted octanol–water partition coefficient (Wildman–Crippen LogP) is -1.61. The molecule has 0 aromatic carbocycles. The Morgan fingerprint density at radius 1 is 1.55 bits per heavy atom. The molecule has 3 N–H and O–H groups in total. The van der Waals surface area contributed by atoms with E-state index in [0.717, 1.165) is 0 Å². The number of methoxy groups -OCH3 is 1. The lowest BCUT2D eigenvalue weighted by Gasteiger charge is -2.17. The molecule has 20 heavy (non-hydrogen) atoms. The number of hydrogen-bond donors (Lipinski definition) is 3. The highest BCUT2D eigenvalue weighted by Crippen LogP contribution is 2.32. The topological polar surface area (TPSA) is 122 Å². The van der Waals surface area contributed by atoms with E-state index >= 15 is 0 Å². The number of aliphatic hydroxyl groups excluding tert-OH is 2. The zero-order chi connectivity index (χ0) is 14.3. The second kappa shape index (κ2) is 4.94. The van der Waals surface area contributed by atoms with Gasteiger partial charge in [0.05, 0.1) is 19.3 Å². The Hall–Kier alpha value is -1.81. The van der Waals surface area contributed by atoms with E-state index in [1.54, 1.807) is 0 Å². The molecular formula is C11H14N4O5. The molecule has 9 nitrogen and oxygen atoms in total. The van der Waals surface area contributed by atoms with Crippen molar-refractivity contribution in [1.82, 2.24) is 19.5 Å². The van der Waals surface area contributed by atoms with Gasteiger partial charge in [-0.1, -0.05) is 0 Å². The van der Waals surface area contributed by atoms with Crippen molar-refractivity contribution in [3.8, 4) is 0 Å². The first-order valence-electron chi connectivity index (χ1n) is 6.04. The van der Waals surface area contributed by atoms with Crippen LogP contribution in [0.2, 0.25) is 0 Å². The third kappa shape index (κ3) is 1.83. The highest BCUT2D eigenvalue weighted by atomic mass is 16.6. The van der Waals surface area contributed by atoms with Crippen molar-refractivity contribution in [2.75, 3.05) is 13.7 Å². The van der Waals surface area contributed by atoms with Crippen LogP contribution in [0.1, 0.15) is 6.23 Å². The largest absolute Gasteiger partial charge is 0.394 e. The lowest BCUT2D eigenvalue weighted by atomic mass is 10.1. The van der Waals surface area contributed by atoms with Crippen LogP contribution in [0.5, 0.6) is 0 Å². The molecule has 108 valence electrons. The van der Waals surface area contributed by atoms with Crippen LogP contribution < -0.4 is 5.56 Å². The molecular weight excluding hydrogens is 268 g/mol. The summed E-state index contributed by atoms with van der Waals surface area (Å²) >= 11 is 0. The summed E-state index contributed by atoms with van der Waals surface area (Å²) in [6.07, 6.45) is -0.523. The maximum atomic E-state index is 11.6.